The van der Waals surface area contributed by atoms with Crippen LogP contribution in [0.4, 0.5) is 18.9 Å². The smallest absolute Gasteiger partial charge is 0.350 e. The van der Waals surface area contributed by atoms with Crippen LogP contribution in [0.15, 0.2) is 82.4 Å². The third kappa shape index (κ3) is 4.87. The van der Waals surface area contributed by atoms with Gasteiger partial charge in [0.1, 0.15) is 6.54 Å². The number of non-ortho nitro benzene ring substituents is 1. The lowest BCUT2D eigenvalue weighted by Gasteiger charge is -2.14. The quantitative estimate of drug-likeness (QED) is 0.323. The number of hydrogen-bond donors (Lipinski definition) is 1. The largest absolute Gasteiger partial charge is 0.416 e. The van der Waals surface area contributed by atoms with Crippen LogP contribution in [0.25, 0.3) is 16.6 Å². The van der Waals surface area contributed by atoms with E-state index in [1.807, 2.05) is 0 Å². The maximum Gasteiger partial charge on any atom is 0.416 e. The first-order chi connectivity index (χ1) is 17.1. The average molecular weight is 498 g/mol. The third-order valence-corrected chi connectivity index (χ3v) is 5.40. The SMILES string of the molecule is O=C(Cn1c(=O)n(-c2cccc([N+](=O)[O-])c2)c(=O)c2ccccc21)NCc1cccc(C(F)(F)F)c1. The number of carbonyl (C=O) groups excluding carboxylic acids is 1. The number of nitro groups is 1. The number of rotatable bonds is 6. The number of nitrogens with zero attached hydrogens (tertiary/aromatic N) is 3. The second-order valence-electron chi connectivity index (χ2n) is 7.78. The highest BCUT2D eigenvalue weighted by atomic mass is 19.4. The fraction of sp³-hybridized carbons (Fsp3) is 0.125. The maximum atomic E-state index is 13.3. The van der Waals surface area contributed by atoms with Crippen LogP contribution in [0.3, 0.4) is 0 Å². The van der Waals surface area contributed by atoms with E-state index >= 15 is 0 Å². The molecule has 0 fully saturated rings. The normalized spacial score (nSPS) is 11.4. The fourth-order valence-corrected chi connectivity index (χ4v) is 3.70. The van der Waals surface area contributed by atoms with Crippen molar-refractivity contribution in [1.82, 2.24) is 14.5 Å². The molecule has 1 aromatic heterocycles. The van der Waals surface area contributed by atoms with E-state index in [1.54, 1.807) is 12.1 Å². The lowest BCUT2D eigenvalue weighted by atomic mass is 10.1. The monoisotopic (exact) mass is 498 g/mol. The van der Waals surface area contributed by atoms with Gasteiger partial charge in [0, 0.05) is 18.7 Å². The van der Waals surface area contributed by atoms with Gasteiger partial charge in [-0.05, 0) is 35.9 Å². The van der Waals surface area contributed by atoms with Gasteiger partial charge in [-0.25, -0.2) is 9.36 Å². The van der Waals surface area contributed by atoms with Crippen LogP contribution in [0.2, 0.25) is 0 Å². The highest BCUT2D eigenvalue weighted by molar-refractivity contribution is 5.82. The predicted octanol–water partition coefficient (Wildman–Crippen LogP) is 3.40. The van der Waals surface area contributed by atoms with E-state index in [-0.39, 0.29) is 34.4 Å². The molecular weight excluding hydrogens is 481 g/mol. The highest BCUT2D eigenvalue weighted by Gasteiger charge is 2.30. The molecule has 0 bridgehead atoms. The molecule has 0 aliphatic heterocycles. The van der Waals surface area contributed by atoms with Gasteiger partial charge in [-0.3, -0.25) is 24.3 Å². The number of halogens is 3. The molecule has 0 unspecified atom stereocenters. The molecule has 0 aliphatic carbocycles. The first kappa shape index (κ1) is 24.4. The Balaban J connectivity index is 1.70. The number of nitro benzene ring substituents is 1. The van der Waals surface area contributed by atoms with Crippen LogP contribution < -0.4 is 16.6 Å². The van der Waals surface area contributed by atoms with Crippen molar-refractivity contribution < 1.29 is 22.9 Å². The van der Waals surface area contributed by atoms with Crippen molar-refractivity contribution in [3.63, 3.8) is 0 Å². The molecule has 3 aromatic carbocycles. The summed E-state index contributed by atoms with van der Waals surface area (Å²) in [7, 11) is 0. The van der Waals surface area contributed by atoms with Gasteiger partial charge in [0.2, 0.25) is 5.91 Å². The van der Waals surface area contributed by atoms with Gasteiger partial charge in [-0.15, -0.1) is 0 Å². The van der Waals surface area contributed by atoms with Crippen LogP contribution in [-0.2, 0) is 24.1 Å². The number of para-hydroxylation sites is 1. The zero-order valence-electron chi connectivity index (χ0n) is 18.4. The number of alkyl halides is 3. The molecule has 0 saturated heterocycles. The summed E-state index contributed by atoms with van der Waals surface area (Å²) in [6.45, 7) is -0.770. The van der Waals surface area contributed by atoms with Crippen molar-refractivity contribution in [2.75, 3.05) is 0 Å². The second kappa shape index (κ2) is 9.49. The van der Waals surface area contributed by atoms with Crippen molar-refractivity contribution in [3.05, 3.63) is 115 Å². The minimum absolute atomic E-state index is 0.0527. The summed E-state index contributed by atoms with van der Waals surface area (Å²) >= 11 is 0. The Morgan fingerprint density at radius 2 is 1.69 bits per heavy atom. The molecule has 0 aliphatic rings. The molecule has 1 heterocycles. The molecular formula is C24H17F3N4O5. The van der Waals surface area contributed by atoms with Crippen molar-refractivity contribution in [2.45, 2.75) is 19.3 Å². The van der Waals surface area contributed by atoms with E-state index in [0.717, 1.165) is 27.3 Å². The van der Waals surface area contributed by atoms with Gasteiger partial charge in [0.25, 0.3) is 11.2 Å². The van der Waals surface area contributed by atoms with Crippen molar-refractivity contribution in [3.8, 4) is 5.69 Å². The molecule has 9 nitrogen and oxygen atoms in total. The van der Waals surface area contributed by atoms with Gasteiger partial charge in [0.15, 0.2) is 0 Å². The van der Waals surface area contributed by atoms with Crippen molar-refractivity contribution in [2.24, 2.45) is 0 Å². The van der Waals surface area contributed by atoms with Crippen LogP contribution in [0.5, 0.6) is 0 Å². The summed E-state index contributed by atoms with van der Waals surface area (Å²) in [4.78, 5) is 49.5. The number of fused-ring (bicyclic) bond motifs is 1. The van der Waals surface area contributed by atoms with Gasteiger partial charge in [-0.1, -0.05) is 30.3 Å². The zero-order valence-corrected chi connectivity index (χ0v) is 18.4. The van der Waals surface area contributed by atoms with Gasteiger partial charge in [0.05, 0.1) is 27.1 Å². The standard InChI is InChI=1S/C24H17F3N4O5/c25-24(26,27)16-6-3-5-15(11-16)13-28-21(32)14-29-20-10-2-1-9-19(20)22(33)30(23(29)34)17-7-4-8-18(12-17)31(35)36/h1-12H,13-14H2,(H,28,32). The van der Waals surface area contributed by atoms with Crippen LogP contribution in [0, 0.1) is 10.1 Å². The van der Waals surface area contributed by atoms with E-state index in [2.05, 4.69) is 5.32 Å². The summed E-state index contributed by atoms with van der Waals surface area (Å²) in [5, 5.41) is 13.7. The Kier molecular flexibility index (Phi) is 6.43. The number of hydrogen-bond acceptors (Lipinski definition) is 5. The lowest BCUT2D eigenvalue weighted by molar-refractivity contribution is -0.384. The van der Waals surface area contributed by atoms with Crippen LogP contribution >= 0.6 is 0 Å². The Hall–Kier alpha value is -4.74. The number of aromatic nitrogens is 2. The predicted molar refractivity (Wildman–Crippen MR) is 124 cm³/mol. The van der Waals surface area contributed by atoms with E-state index in [0.29, 0.717) is 0 Å². The van der Waals surface area contributed by atoms with Gasteiger partial charge >= 0.3 is 11.9 Å². The average Bonchev–Trinajstić information content (AvgIpc) is 2.85. The van der Waals surface area contributed by atoms with E-state index < -0.39 is 40.4 Å². The topological polar surface area (TPSA) is 116 Å². The Morgan fingerprint density at radius 3 is 2.42 bits per heavy atom. The second-order valence-corrected chi connectivity index (χ2v) is 7.78. The number of nitrogens with one attached hydrogen (secondary N) is 1. The highest BCUT2D eigenvalue weighted by Crippen LogP contribution is 2.29. The maximum absolute atomic E-state index is 13.3. The molecule has 1 amide bonds. The zero-order chi connectivity index (χ0) is 26.0. The summed E-state index contributed by atoms with van der Waals surface area (Å²) in [5.74, 6) is -0.691. The molecule has 0 radical (unpaired) electrons. The van der Waals surface area contributed by atoms with E-state index in [9.17, 15) is 37.7 Å². The number of amides is 1. The molecule has 12 heteroatoms. The molecule has 4 rings (SSSR count). The molecule has 0 atom stereocenters. The van der Waals surface area contributed by atoms with E-state index in [4.69, 9.17) is 0 Å². The summed E-state index contributed by atoms with van der Waals surface area (Å²) in [6, 6.07) is 15.4. The van der Waals surface area contributed by atoms with Crippen molar-refractivity contribution in [1.29, 1.82) is 0 Å². The van der Waals surface area contributed by atoms with E-state index in [1.165, 1.54) is 42.5 Å². The number of carbonyl (C=O) groups is 1. The Labute approximate surface area is 200 Å². The molecule has 4 aromatic rings. The van der Waals surface area contributed by atoms with Crippen LogP contribution in [0.1, 0.15) is 11.1 Å². The Bertz CT molecular complexity index is 1610. The number of benzene rings is 3. The third-order valence-electron chi connectivity index (χ3n) is 5.40. The molecule has 184 valence electrons. The Morgan fingerprint density at radius 1 is 0.972 bits per heavy atom. The molecule has 0 spiro atoms. The first-order valence-electron chi connectivity index (χ1n) is 10.5. The summed E-state index contributed by atoms with van der Waals surface area (Å²) in [6.07, 6.45) is -4.54. The summed E-state index contributed by atoms with van der Waals surface area (Å²) < 4.78 is 40.6. The molecule has 1 N–H and O–H groups in total. The fourth-order valence-electron chi connectivity index (χ4n) is 3.70. The minimum atomic E-state index is -4.54. The first-order valence-corrected chi connectivity index (χ1v) is 10.5. The summed E-state index contributed by atoms with van der Waals surface area (Å²) in [5.41, 5.74) is -2.52. The van der Waals surface area contributed by atoms with Crippen LogP contribution in [-0.4, -0.2) is 20.0 Å². The minimum Gasteiger partial charge on any atom is -0.350 e. The van der Waals surface area contributed by atoms with Gasteiger partial charge < -0.3 is 5.32 Å². The van der Waals surface area contributed by atoms with Crippen molar-refractivity contribution >= 4 is 22.5 Å². The molecule has 0 saturated carbocycles. The lowest BCUT2D eigenvalue weighted by Crippen LogP contribution is -2.41. The van der Waals surface area contributed by atoms with Gasteiger partial charge in [-0.2, -0.15) is 13.2 Å². The molecule has 36 heavy (non-hydrogen) atoms.